The lowest BCUT2D eigenvalue weighted by atomic mass is 9.73. The van der Waals surface area contributed by atoms with Gasteiger partial charge in [-0.2, -0.15) is 0 Å². The maximum Gasteiger partial charge on any atom is 0.122 e. The van der Waals surface area contributed by atoms with Gasteiger partial charge in [0.1, 0.15) is 5.75 Å². The predicted octanol–water partition coefficient (Wildman–Crippen LogP) is 3.48. The average molecular weight is 289 g/mol. The average Bonchev–Trinajstić information content (AvgIpc) is 2.98. The number of nitrogens with one attached hydrogen (secondary N) is 1. The Labute approximate surface area is 128 Å². The van der Waals surface area contributed by atoms with Crippen LogP contribution in [0.3, 0.4) is 0 Å². The molecule has 1 N–H and O–H groups in total. The summed E-state index contributed by atoms with van der Waals surface area (Å²) in [4.78, 5) is 0. The van der Waals surface area contributed by atoms with Crippen molar-refractivity contribution in [2.24, 2.45) is 5.92 Å². The van der Waals surface area contributed by atoms with E-state index in [1.807, 2.05) is 14.2 Å². The van der Waals surface area contributed by atoms with Gasteiger partial charge < -0.3 is 14.8 Å². The van der Waals surface area contributed by atoms with Gasteiger partial charge >= 0.3 is 0 Å². The van der Waals surface area contributed by atoms with E-state index in [-0.39, 0.29) is 11.6 Å². The number of likely N-dealkylation sites (N-methyl/N-ethyl adjacent to an activating group) is 1. The van der Waals surface area contributed by atoms with Crippen LogP contribution in [0.1, 0.15) is 49.8 Å². The first-order chi connectivity index (χ1) is 10.2. The summed E-state index contributed by atoms with van der Waals surface area (Å²) in [6.45, 7) is 3.16. The first-order valence-corrected chi connectivity index (χ1v) is 8.16. The summed E-state index contributed by atoms with van der Waals surface area (Å²) >= 11 is 0. The standard InChI is InChI=1S/C18H27NO2/c1-13-6-9-18(20-3,10-7-13)17(19-2)15-4-5-16-14(12-15)8-11-21-16/h4-5,12-13,17,19H,6-11H2,1-3H3. The largest absolute Gasteiger partial charge is 0.493 e. The van der Waals surface area contributed by atoms with E-state index in [4.69, 9.17) is 9.47 Å². The van der Waals surface area contributed by atoms with Crippen molar-refractivity contribution in [1.29, 1.82) is 0 Å². The van der Waals surface area contributed by atoms with Gasteiger partial charge in [-0.05, 0) is 55.8 Å². The normalized spacial score (nSPS) is 29.8. The first-order valence-electron chi connectivity index (χ1n) is 8.16. The first kappa shape index (κ1) is 14.9. The molecular formula is C18H27NO2. The van der Waals surface area contributed by atoms with Crippen LogP contribution < -0.4 is 10.1 Å². The van der Waals surface area contributed by atoms with Crippen molar-refractivity contribution >= 4 is 0 Å². The Morgan fingerprint density at radius 1 is 1.33 bits per heavy atom. The van der Waals surface area contributed by atoms with Gasteiger partial charge in [0.2, 0.25) is 0 Å². The lowest BCUT2D eigenvalue weighted by Crippen LogP contribution is -2.47. The van der Waals surface area contributed by atoms with Crippen molar-refractivity contribution in [2.75, 3.05) is 20.8 Å². The van der Waals surface area contributed by atoms with E-state index in [0.29, 0.717) is 0 Å². The lowest BCUT2D eigenvalue weighted by molar-refractivity contribution is -0.0745. The summed E-state index contributed by atoms with van der Waals surface area (Å²) in [5.41, 5.74) is 2.59. The summed E-state index contributed by atoms with van der Waals surface area (Å²) in [6, 6.07) is 6.88. The topological polar surface area (TPSA) is 30.5 Å². The van der Waals surface area contributed by atoms with Crippen LogP contribution in [-0.2, 0) is 11.2 Å². The van der Waals surface area contributed by atoms with Crippen LogP contribution >= 0.6 is 0 Å². The highest BCUT2D eigenvalue weighted by atomic mass is 16.5. The molecule has 0 saturated heterocycles. The zero-order chi connectivity index (χ0) is 14.9. The highest BCUT2D eigenvalue weighted by molar-refractivity contribution is 5.41. The minimum absolute atomic E-state index is 0.0744. The number of methoxy groups -OCH3 is 1. The third-order valence-corrected chi connectivity index (χ3v) is 5.39. The third kappa shape index (κ3) is 2.69. The Kier molecular flexibility index (Phi) is 4.23. The van der Waals surface area contributed by atoms with E-state index in [9.17, 15) is 0 Å². The Morgan fingerprint density at radius 2 is 2.10 bits per heavy atom. The fraction of sp³-hybridized carbons (Fsp3) is 0.667. The summed E-state index contributed by atoms with van der Waals surface area (Å²) < 4.78 is 11.7. The monoisotopic (exact) mass is 289 g/mol. The molecule has 1 aromatic rings. The van der Waals surface area contributed by atoms with E-state index < -0.39 is 0 Å². The number of fused-ring (bicyclic) bond motifs is 1. The van der Waals surface area contributed by atoms with Gasteiger partial charge in [0.25, 0.3) is 0 Å². The van der Waals surface area contributed by atoms with Gasteiger partial charge in [0.05, 0.1) is 18.2 Å². The maximum atomic E-state index is 6.06. The molecule has 1 atom stereocenters. The van der Waals surface area contributed by atoms with Crippen LogP contribution in [0, 0.1) is 5.92 Å². The second-order valence-electron chi connectivity index (χ2n) is 6.64. The van der Waals surface area contributed by atoms with Gasteiger partial charge in [-0.25, -0.2) is 0 Å². The molecule has 3 nitrogen and oxygen atoms in total. The Balaban J connectivity index is 1.89. The molecule has 21 heavy (non-hydrogen) atoms. The maximum absolute atomic E-state index is 6.06. The van der Waals surface area contributed by atoms with Crippen LogP contribution in [0.5, 0.6) is 5.75 Å². The van der Waals surface area contributed by atoms with Gasteiger partial charge in [-0.1, -0.05) is 19.1 Å². The van der Waals surface area contributed by atoms with Crippen molar-refractivity contribution < 1.29 is 9.47 Å². The van der Waals surface area contributed by atoms with E-state index in [1.54, 1.807) is 0 Å². The van der Waals surface area contributed by atoms with Gasteiger partial charge in [0.15, 0.2) is 0 Å². The van der Waals surface area contributed by atoms with Gasteiger partial charge in [-0.3, -0.25) is 0 Å². The zero-order valence-corrected chi connectivity index (χ0v) is 13.4. The Morgan fingerprint density at radius 3 is 2.76 bits per heavy atom. The van der Waals surface area contributed by atoms with Crippen molar-refractivity contribution in [3.05, 3.63) is 29.3 Å². The highest BCUT2D eigenvalue weighted by Crippen LogP contribution is 2.43. The minimum atomic E-state index is -0.0744. The molecule has 0 spiro atoms. The molecule has 116 valence electrons. The molecule has 2 aliphatic rings. The molecule has 1 saturated carbocycles. The van der Waals surface area contributed by atoms with Crippen molar-refractivity contribution in [2.45, 2.75) is 50.7 Å². The Hall–Kier alpha value is -1.06. The summed E-state index contributed by atoms with van der Waals surface area (Å²) in [5.74, 6) is 1.87. The molecule has 1 unspecified atom stereocenters. The van der Waals surface area contributed by atoms with E-state index in [2.05, 4.69) is 30.4 Å². The predicted molar refractivity (Wildman–Crippen MR) is 84.8 cm³/mol. The number of hydrogen-bond acceptors (Lipinski definition) is 3. The Bertz CT molecular complexity index is 492. The van der Waals surface area contributed by atoms with E-state index in [0.717, 1.165) is 37.5 Å². The lowest BCUT2D eigenvalue weighted by Gasteiger charge is -2.44. The number of benzene rings is 1. The number of rotatable bonds is 4. The van der Waals surface area contributed by atoms with Crippen molar-refractivity contribution in [1.82, 2.24) is 5.32 Å². The SMILES string of the molecule is CNC(c1ccc2c(c1)CCO2)C1(OC)CCC(C)CC1. The van der Waals surface area contributed by atoms with Crippen LogP contribution in [-0.4, -0.2) is 26.4 Å². The minimum Gasteiger partial charge on any atom is -0.493 e. The van der Waals surface area contributed by atoms with Crippen LogP contribution in [0.4, 0.5) is 0 Å². The molecule has 0 radical (unpaired) electrons. The van der Waals surface area contributed by atoms with Crippen molar-refractivity contribution in [3.63, 3.8) is 0 Å². The molecule has 1 aromatic carbocycles. The second-order valence-corrected chi connectivity index (χ2v) is 6.64. The fourth-order valence-electron chi connectivity index (χ4n) is 3.98. The second kappa shape index (κ2) is 5.98. The molecule has 1 aliphatic carbocycles. The van der Waals surface area contributed by atoms with E-state index in [1.165, 1.54) is 24.0 Å². The molecule has 3 heteroatoms. The zero-order valence-electron chi connectivity index (χ0n) is 13.4. The highest BCUT2D eigenvalue weighted by Gasteiger charge is 2.41. The van der Waals surface area contributed by atoms with Crippen molar-refractivity contribution in [3.8, 4) is 5.75 Å². The smallest absolute Gasteiger partial charge is 0.122 e. The third-order valence-electron chi connectivity index (χ3n) is 5.39. The summed E-state index contributed by atoms with van der Waals surface area (Å²) in [6.07, 6.45) is 5.78. The quantitative estimate of drug-likeness (QED) is 0.920. The summed E-state index contributed by atoms with van der Waals surface area (Å²) in [5, 5.41) is 3.52. The summed E-state index contributed by atoms with van der Waals surface area (Å²) in [7, 11) is 3.92. The molecule has 1 fully saturated rings. The van der Waals surface area contributed by atoms with Crippen LogP contribution in [0.25, 0.3) is 0 Å². The number of hydrogen-bond donors (Lipinski definition) is 1. The molecular weight excluding hydrogens is 262 g/mol. The van der Waals surface area contributed by atoms with Gasteiger partial charge in [0, 0.05) is 13.5 Å². The van der Waals surface area contributed by atoms with Crippen LogP contribution in [0.2, 0.25) is 0 Å². The fourth-order valence-corrected chi connectivity index (χ4v) is 3.98. The molecule has 0 aromatic heterocycles. The molecule has 0 bridgehead atoms. The molecule has 1 aliphatic heterocycles. The molecule has 3 rings (SSSR count). The molecule has 0 amide bonds. The van der Waals surface area contributed by atoms with Gasteiger partial charge in [-0.15, -0.1) is 0 Å². The molecule has 1 heterocycles. The van der Waals surface area contributed by atoms with Crippen LogP contribution in [0.15, 0.2) is 18.2 Å². The van der Waals surface area contributed by atoms with E-state index >= 15 is 0 Å². The number of ether oxygens (including phenoxy) is 2.